The molecule has 0 N–H and O–H groups in total. The monoisotopic (exact) mass is 817 g/mol. The van der Waals surface area contributed by atoms with Crippen LogP contribution in [0.3, 0.4) is 0 Å². The standard InChI is InChI=1S/C38H29N.C13H10S.C9H12/c1-24-17-19-30-33(21-24)38(2,3)34-23-31(27-13-7-8-15-29(27)37(30)34)25-18-20-36-32(22-25)28-14-9-10-16-35(28)39(36)26-11-5-4-6-12-26;1-9-6-7-13-11(8-9)10-4-2-3-5-12(10)14-13;1-7-4-8(2)6-9(3)5-7/h4-23H,1-3H3;2-8H,1H3;4-6H,1-3H3. The van der Waals surface area contributed by atoms with Gasteiger partial charge in [0, 0.05) is 42.0 Å². The van der Waals surface area contributed by atoms with Crippen molar-refractivity contribution in [2.75, 3.05) is 0 Å². The Morgan fingerprint density at radius 3 is 1.69 bits per heavy atom. The van der Waals surface area contributed by atoms with Crippen LogP contribution in [-0.4, -0.2) is 4.57 Å². The van der Waals surface area contributed by atoms with Crippen LogP contribution >= 0.6 is 11.3 Å². The van der Waals surface area contributed by atoms with E-state index in [2.05, 4.69) is 235 Å². The van der Waals surface area contributed by atoms with Gasteiger partial charge in [-0.1, -0.05) is 169 Å². The number of rotatable bonds is 2. The van der Waals surface area contributed by atoms with Gasteiger partial charge in [0.1, 0.15) is 0 Å². The van der Waals surface area contributed by atoms with E-state index in [9.17, 15) is 0 Å². The summed E-state index contributed by atoms with van der Waals surface area (Å²) in [5.41, 5.74) is 18.5. The molecule has 62 heavy (non-hydrogen) atoms. The van der Waals surface area contributed by atoms with Gasteiger partial charge < -0.3 is 4.57 Å². The summed E-state index contributed by atoms with van der Waals surface area (Å²) in [7, 11) is 0. The lowest BCUT2D eigenvalue weighted by Gasteiger charge is -2.23. The van der Waals surface area contributed by atoms with E-state index in [-0.39, 0.29) is 5.41 Å². The van der Waals surface area contributed by atoms with Crippen molar-refractivity contribution in [2.45, 2.75) is 53.9 Å². The molecular weight excluding hydrogens is 767 g/mol. The molecule has 0 unspecified atom stereocenters. The Labute approximate surface area is 369 Å². The molecule has 1 nitrogen and oxygen atoms in total. The minimum Gasteiger partial charge on any atom is -0.309 e. The molecule has 2 heteroatoms. The summed E-state index contributed by atoms with van der Waals surface area (Å²) in [6.07, 6.45) is 0. The van der Waals surface area contributed by atoms with Gasteiger partial charge in [0.25, 0.3) is 0 Å². The molecule has 0 atom stereocenters. The van der Waals surface area contributed by atoms with Crippen molar-refractivity contribution in [3.8, 4) is 27.9 Å². The van der Waals surface area contributed by atoms with Gasteiger partial charge in [-0.05, 0) is 133 Å². The third-order valence-corrected chi connectivity index (χ3v) is 13.9. The highest BCUT2D eigenvalue weighted by Crippen LogP contribution is 2.53. The molecule has 0 saturated heterocycles. The predicted octanol–water partition coefficient (Wildman–Crippen LogP) is 17.2. The first-order valence-electron chi connectivity index (χ1n) is 21.7. The van der Waals surface area contributed by atoms with Crippen LogP contribution in [-0.2, 0) is 5.41 Å². The molecule has 0 radical (unpaired) electrons. The number of nitrogens with zero attached hydrogens (tertiary/aromatic N) is 1. The third-order valence-electron chi connectivity index (χ3n) is 12.7. The van der Waals surface area contributed by atoms with Gasteiger partial charge in [0.15, 0.2) is 0 Å². The lowest BCUT2D eigenvalue weighted by molar-refractivity contribution is 0.660. The van der Waals surface area contributed by atoms with Gasteiger partial charge in [-0.15, -0.1) is 11.3 Å². The first-order valence-corrected chi connectivity index (χ1v) is 22.6. The first kappa shape index (κ1) is 39.4. The number of aryl methyl sites for hydroxylation is 5. The normalized spacial score (nSPS) is 12.6. The van der Waals surface area contributed by atoms with Gasteiger partial charge in [0.05, 0.1) is 11.0 Å². The molecule has 1 aliphatic rings. The fourth-order valence-corrected chi connectivity index (χ4v) is 11.1. The van der Waals surface area contributed by atoms with Crippen molar-refractivity contribution in [3.63, 3.8) is 0 Å². The molecular formula is C60H51NS. The van der Waals surface area contributed by atoms with E-state index in [1.165, 1.54) is 120 Å². The Morgan fingerprint density at radius 2 is 0.952 bits per heavy atom. The van der Waals surface area contributed by atoms with Crippen molar-refractivity contribution in [3.05, 3.63) is 221 Å². The maximum atomic E-state index is 2.48. The van der Waals surface area contributed by atoms with Crippen molar-refractivity contribution < 1.29 is 0 Å². The van der Waals surface area contributed by atoms with E-state index >= 15 is 0 Å². The quantitative estimate of drug-likeness (QED) is 0.164. The minimum absolute atomic E-state index is 0.0527. The average Bonchev–Trinajstić information content (AvgIpc) is 3.88. The van der Waals surface area contributed by atoms with Crippen LogP contribution in [0.25, 0.3) is 80.7 Å². The maximum absolute atomic E-state index is 2.48. The molecule has 2 aromatic heterocycles. The Morgan fingerprint density at radius 1 is 0.371 bits per heavy atom. The average molecular weight is 818 g/mol. The number of para-hydroxylation sites is 2. The fraction of sp³-hybridized carbons (Fsp3) is 0.133. The minimum atomic E-state index is -0.0527. The lowest BCUT2D eigenvalue weighted by Crippen LogP contribution is -2.15. The second-order valence-electron chi connectivity index (χ2n) is 17.7. The SMILES string of the molecule is Cc1cc(C)cc(C)c1.Cc1ccc2c(c1)C(C)(C)c1cc(-c3ccc4c(c3)c3ccccc3n4-c3ccccc3)c3ccccc3c1-2.Cc1ccc2sc3ccccc3c2c1. The molecule has 0 fully saturated rings. The van der Waals surface area contributed by atoms with Crippen LogP contribution in [0.2, 0.25) is 0 Å². The van der Waals surface area contributed by atoms with Gasteiger partial charge in [0.2, 0.25) is 0 Å². The van der Waals surface area contributed by atoms with E-state index in [1.54, 1.807) is 0 Å². The van der Waals surface area contributed by atoms with Gasteiger partial charge in [-0.25, -0.2) is 0 Å². The van der Waals surface area contributed by atoms with Gasteiger partial charge in [-0.3, -0.25) is 0 Å². The molecule has 1 aliphatic carbocycles. The maximum Gasteiger partial charge on any atom is 0.0541 e. The van der Waals surface area contributed by atoms with Crippen molar-refractivity contribution >= 4 is 64.1 Å². The largest absolute Gasteiger partial charge is 0.309 e. The second kappa shape index (κ2) is 15.6. The summed E-state index contributed by atoms with van der Waals surface area (Å²) >= 11 is 1.87. The van der Waals surface area contributed by atoms with Crippen LogP contribution in [0.15, 0.2) is 182 Å². The summed E-state index contributed by atoms with van der Waals surface area (Å²) in [4.78, 5) is 0. The highest BCUT2D eigenvalue weighted by atomic mass is 32.1. The van der Waals surface area contributed by atoms with E-state index in [1.807, 2.05) is 11.3 Å². The third kappa shape index (κ3) is 6.89. The number of thiophene rings is 1. The first-order chi connectivity index (χ1) is 30.0. The Kier molecular flexibility index (Phi) is 9.93. The number of hydrogen-bond acceptors (Lipinski definition) is 1. The molecule has 0 saturated carbocycles. The topological polar surface area (TPSA) is 4.93 Å². The number of aromatic nitrogens is 1. The zero-order valence-corrected chi connectivity index (χ0v) is 37.5. The molecule has 12 rings (SSSR count). The van der Waals surface area contributed by atoms with E-state index < -0.39 is 0 Å². The van der Waals surface area contributed by atoms with Crippen molar-refractivity contribution in [2.24, 2.45) is 0 Å². The van der Waals surface area contributed by atoms with Crippen molar-refractivity contribution in [1.29, 1.82) is 0 Å². The molecule has 302 valence electrons. The van der Waals surface area contributed by atoms with E-state index in [0.29, 0.717) is 0 Å². The highest BCUT2D eigenvalue weighted by molar-refractivity contribution is 7.25. The smallest absolute Gasteiger partial charge is 0.0541 e. The molecule has 0 spiro atoms. The summed E-state index contributed by atoms with van der Waals surface area (Å²) in [6, 6.07) is 66.7. The fourth-order valence-electron chi connectivity index (χ4n) is 9.97. The van der Waals surface area contributed by atoms with Crippen LogP contribution in [0.4, 0.5) is 0 Å². The Balaban J connectivity index is 0.000000162. The van der Waals surface area contributed by atoms with Crippen LogP contribution < -0.4 is 0 Å². The zero-order chi connectivity index (χ0) is 42.7. The van der Waals surface area contributed by atoms with Gasteiger partial charge in [-0.2, -0.15) is 0 Å². The zero-order valence-electron chi connectivity index (χ0n) is 36.7. The van der Waals surface area contributed by atoms with E-state index in [4.69, 9.17) is 0 Å². The summed E-state index contributed by atoms with van der Waals surface area (Å²) in [5.74, 6) is 0. The molecule has 0 amide bonds. The van der Waals surface area contributed by atoms with Crippen molar-refractivity contribution in [1.82, 2.24) is 4.57 Å². The molecule has 0 bridgehead atoms. The summed E-state index contributed by atoms with van der Waals surface area (Å²) < 4.78 is 5.15. The van der Waals surface area contributed by atoms with E-state index in [0.717, 1.165) is 0 Å². The molecule has 0 aliphatic heterocycles. The van der Waals surface area contributed by atoms with Crippen LogP contribution in [0, 0.1) is 34.6 Å². The van der Waals surface area contributed by atoms with Crippen LogP contribution in [0.5, 0.6) is 0 Å². The lowest BCUT2D eigenvalue weighted by atomic mass is 9.80. The van der Waals surface area contributed by atoms with Gasteiger partial charge >= 0.3 is 0 Å². The summed E-state index contributed by atoms with van der Waals surface area (Å²) in [5, 5.41) is 8.00. The van der Waals surface area contributed by atoms with Crippen LogP contribution in [0.1, 0.15) is 52.8 Å². The highest BCUT2D eigenvalue weighted by Gasteiger charge is 2.37. The number of fused-ring (bicyclic) bond motifs is 11. The predicted molar refractivity (Wildman–Crippen MR) is 271 cm³/mol. The Bertz CT molecular complexity index is 3440. The molecule has 2 heterocycles. The molecule has 9 aromatic carbocycles. The summed E-state index contributed by atoms with van der Waals surface area (Å²) in [6.45, 7) is 15.5. The second-order valence-corrected chi connectivity index (χ2v) is 18.8. The number of benzene rings is 9. The molecule has 11 aromatic rings. The Hall–Kier alpha value is -6.74. The number of hydrogen-bond donors (Lipinski definition) is 0.